The molecule has 0 heterocycles. The summed E-state index contributed by atoms with van der Waals surface area (Å²) in [5.74, 6) is -0.200. The number of ketones is 2. The maximum Gasteiger partial charge on any atom is 0.163 e. The molecule has 0 saturated heterocycles. The van der Waals surface area contributed by atoms with E-state index >= 15 is 0 Å². The monoisotopic (exact) mass is 372 g/mol. The third-order valence-electron chi connectivity index (χ3n) is 4.29. The van der Waals surface area contributed by atoms with Crippen LogP contribution in [0, 0.1) is 0 Å². The highest BCUT2D eigenvalue weighted by atomic mass is 16.5. The van der Waals surface area contributed by atoms with Crippen molar-refractivity contribution in [1.82, 2.24) is 0 Å². The van der Waals surface area contributed by atoms with Gasteiger partial charge in [-0.3, -0.25) is 9.59 Å². The molecule has 0 saturated carbocycles. The van der Waals surface area contributed by atoms with Gasteiger partial charge in [-0.1, -0.05) is 60.7 Å². The van der Waals surface area contributed by atoms with Crippen molar-refractivity contribution in [2.24, 2.45) is 0 Å². The first-order chi connectivity index (χ1) is 13.6. The standard InChI is InChI=1S/C24H20O4/c1-28-24-15-17(10-14-23(24)27)9-12-20(25)16-21(26)13-11-19-7-4-6-18-5-2-3-8-22(18)19/h2-15,27H,16H2,1H3. The van der Waals surface area contributed by atoms with E-state index in [2.05, 4.69) is 0 Å². The molecule has 0 aliphatic carbocycles. The van der Waals surface area contributed by atoms with Crippen LogP contribution in [-0.2, 0) is 9.59 Å². The molecule has 4 nitrogen and oxygen atoms in total. The Balaban J connectivity index is 1.64. The van der Waals surface area contributed by atoms with E-state index in [4.69, 9.17) is 4.74 Å². The number of phenols is 1. The van der Waals surface area contributed by atoms with Crippen LogP contribution in [0.15, 0.2) is 72.8 Å². The van der Waals surface area contributed by atoms with E-state index in [0.29, 0.717) is 11.3 Å². The summed E-state index contributed by atoms with van der Waals surface area (Å²) in [6, 6.07) is 18.6. The highest BCUT2D eigenvalue weighted by molar-refractivity contribution is 6.11. The molecule has 3 aromatic rings. The fourth-order valence-electron chi connectivity index (χ4n) is 2.86. The summed E-state index contributed by atoms with van der Waals surface area (Å²) in [4.78, 5) is 24.2. The van der Waals surface area contributed by atoms with Gasteiger partial charge in [0.25, 0.3) is 0 Å². The van der Waals surface area contributed by atoms with Crippen LogP contribution >= 0.6 is 0 Å². The quantitative estimate of drug-likeness (QED) is 0.478. The minimum Gasteiger partial charge on any atom is -0.504 e. The predicted molar refractivity (Wildman–Crippen MR) is 111 cm³/mol. The summed E-state index contributed by atoms with van der Waals surface area (Å²) in [6.45, 7) is 0. The van der Waals surface area contributed by atoms with Crippen LogP contribution in [0.2, 0.25) is 0 Å². The molecule has 3 rings (SSSR count). The van der Waals surface area contributed by atoms with Gasteiger partial charge in [-0.05, 0) is 46.2 Å². The number of phenolic OH excluding ortho intramolecular Hbond substituents is 1. The summed E-state index contributed by atoms with van der Waals surface area (Å²) in [5.41, 5.74) is 1.63. The number of benzene rings is 3. The third kappa shape index (κ3) is 4.74. The molecule has 1 N–H and O–H groups in total. The summed E-state index contributed by atoms with van der Waals surface area (Å²) >= 11 is 0. The Morgan fingerprint density at radius 2 is 1.64 bits per heavy atom. The fraction of sp³-hybridized carbons (Fsp3) is 0.0833. The lowest BCUT2D eigenvalue weighted by Crippen LogP contribution is -2.01. The SMILES string of the molecule is COc1cc(C=CC(=O)CC(=O)C=Cc2cccc3ccccc23)ccc1O. The normalized spacial score (nSPS) is 11.3. The van der Waals surface area contributed by atoms with Crippen molar-refractivity contribution in [2.75, 3.05) is 7.11 Å². The Kier molecular flexibility index (Phi) is 6.02. The van der Waals surface area contributed by atoms with Crippen molar-refractivity contribution in [3.05, 3.63) is 83.9 Å². The molecule has 3 aromatic carbocycles. The molecule has 0 aliphatic rings. The van der Waals surface area contributed by atoms with Gasteiger partial charge < -0.3 is 9.84 Å². The maximum absolute atomic E-state index is 12.1. The zero-order valence-electron chi connectivity index (χ0n) is 15.5. The van der Waals surface area contributed by atoms with Crippen molar-refractivity contribution < 1.29 is 19.4 Å². The second kappa shape index (κ2) is 8.82. The van der Waals surface area contributed by atoms with Gasteiger partial charge in [0, 0.05) is 0 Å². The summed E-state index contributed by atoms with van der Waals surface area (Å²) < 4.78 is 5.03. The molecule has 0 spiro atoms. The van der Waals surface area contributed by atoms with Gasteiger partial charge in [-0.2, -0.15) is 0 Å². The molecule has 140 valence electrons. The molecule has 4 heteroatoms. The first-order valence-electron chi connectivity index (χ1n) is 8.83. The summed E-state index contributed by atoms with van der Waals surface area (Å²) in [5, 5.41) is 11.7. The Hall–Kier alpha value is -3.66. The average molecular weight is 372 g/mol. The van der Waals surface area contributed by atoms with E-state index in [0.717, 1.165) is 16.3 Å². The number of rotatable bonds is 7. The molecule has 0 unspecified atom stereocenters. The van der Waals surface area contributed by atoms with E-state index in [1.54, 1.807) is 24.3 Å². The Bertz CT molecular complexity index is 1070. The lowest BCUT2D eigenvalue weighted by Gasteiger charge is -2.03. The number of allylic oxidation sites excluding steroid dienone is 2. The van der Waals surface area contributed by atoms with E-state index in [-0.39, 0.29) is 23.7 Å². The van der Waals surface area contributed by atoms with Crippen molar-refractivity contribution in [1.29, 1.82) is 0 Å². The van der Waals surface area contributed by atoms with Gasteiger partial charge in [0.05, 0.1) is 13.5 Å². The van der Waals surface area contributed by atoms with Gasteiger partial charge in [-0.25, -0.2) is 0 Å². The molecular weight excluding hydrogens is 352 g/mol. The maximum atomic E-state index is 12.1. The van der Waals surface area contributed by atoms with Crippen LogP contribution in [-0.4, -0.2) is 23.8 Å². The predicted octanol–water partition coefficient (Wildman–Crippen LogP) is 4.81. The zero-order valence-corrected chi connectivity index (χ0v) is 15.5. The van der Waals surface area contributed by atoms with E-state index in [1.165, 1.54) is 25.3 Å². The molecule has 0 amide bonds. The highest BCUT2D eigenvalue weighted by Crippen LogP contribution is 2.26. The molecule has 0 radical (unpaired) electrons. The van der Waals surface area contributed by atoms with Gasteiger partial charge in [0.15, 0.2) is 23.1 Å². The smallest absolute Gasteiger partial charge is 0.163 e. The van der Waals surface area contributed by atoms with Gasteiger partial charge >= 0.3 is 0 Å². The molecule has 0 aromatic heterocycles. The minimum absolute atomic E-state index is 0.0275. The molecular formula is C24H20O4. The number of fused-ring (bicyclic) bond motifs is 1. The summed E-state index contributed by atoms with van der Waals surface area (Å²) in [6.07, 6.45) is 5.93. The second-order valence-corrected chi connectivity index (χ2v) is 6.28. The van der Waals surface area contributed by atoms with E-state index < -0.39 is 0 Å². The van der Waals surface area contributed by atoms with Crippen molar-refractivity contribution in [3.63, 3.8) is 0 Å². The highest BCUT2D eigenvalue weighted by Gasteiger charge is 2.05. The lowest BCUT2D eigenvalue weighted by molar-refractivity contribution is -0.121. The Labute approximate surface area is 163 Å². The van der Waals surface area contributed by atoms with Crippen molar-refractivity contribution in [3.8, 4) is 11.5 Å². The van der Waals surface area contributed by atoms with Crippen LogP contribution in [0.1, 0.15) is 17.5 Å². The number of ether oxygens (including phenoxy) is 1. The molecule has 0 aliphatic heterocycles. The second-order valence-electron chi connectivity index (χ2n) is 6.28. The fourth-order valence-corrected chi connectivity index (χ4v) is 2.86. The summed E-state index contributed by atoms with van der Waals surface area (Å²) in [7, 11) is 1.45. The Morgan fingerprint density at radius 1 is 0.929 bits per heavy atom. The van der Waals surface area contributed by atoms with E-state index in [9.17, 15) is 14.7 Å². The third-order valence-corrected chi connectivity index (χ3v) is 4.29. The largest absolute Gasteiger partial charge is 0.504 e. The number of aromatic hydroxyl groups is 1. The molecule has 0 fully saturated rings. The first kappa shape index (κ1) is 19.1. The number of methoxy groups -OCH3 is 1. The molecule has 28 heavy (non-hydrogen) atoms. The van der Waals surface area contributed by atoms with Crippen LogP contribution in [0.5, 0.6) is 11.5 Å². The van der Waals surface area contributed by atoms with Gasteiger partial charge in [0.1, 0.15) is 0 Å². The number of hydrogen-bond donors (Lipinski definition) is 1. The number of hydrogen-bond acceptors (Lipinski definition) is 4. The molecule has 0 atom stereocenters. The minimum atomic E-state index is -0.292. The van der Waals surface area contributed by atoms with Crippen molar-refractivity contribution in [2.45, 2.75) is 6.42 Å². The zero-order chi connectivity index (χ0) is 19.9. The van der Waals surface area contributed by atoms with Crippen LogP contribution in [0.4, 0.5) is 0 Å². The van der Waals surface area contributed by atoms with Crippen LogP contribution < -0.4 is 4.74 Å². The van der Waals surface area contributed by atoms with Crippen molar-refractivity contribution >= 4 is 34.5 Å². The first-order valence-corrected chi connectivity index (χ1v) is 8.83. The number of carbonyl (C=O) groups excluding carboxylic acids is 2. The Morgan fingerprint density at radius 3 is 2.43 bits per heavy atom. The number of carbonyl (C=O) groups is 2. The van der Waals surface area contributed by atoms with Gasteiger partial charge in [-0.15, -0.1) is 0 Å². The lowest BCUT2D eigenvalue weighted by atomic mass is 10.0. The topological polar surface area (TPSA) is 63.6 Å². The van der Waals surface area contributed by atoms with Crippen LogP contribution in [0.3, 0.4) is 0 Å². The molecule has 0 bridgehead atoms. The van der Waals surface area contributed by atoms with Crippen LogP contribution in [0.25, 0.3) is 22.9 Å². The van der Waals surface area contributed by atoms with Gasteiger partial charge in [0.2, 0.25) is 0 Å². The van der Waals surface area contributed by atoms with E-state index in [1.807, 2.05) is 42.5 Å². The average Bonchev–Trinajstić information content (AvgIpc) is 2.71.